The Bertz CT molecular complexity index is 201. The third-order valence-electron chi connectivity index (χ3n) is 1.24. The number of hydrogen-bond acceptors (Lipinski definition) is 1. The van der Waals surface area contributed by atoms with E-state index in [1.165, 1.54) is 5.56 Å². The molecule has 0 bridgehead atoms. The van der Waals surface area contributed by atoms with Crippen molar-refractivity contribution in [3.05, 3.63) is 29.6 Å². The Labute approximate surface area is 79.8 Å². The predicted molar refractivity (Wildman–Crippen MR) is 51.9 cm³/mol. The molecule has 1 nitrogen and oxygen atoms in total. The van der Waals surface area contributed by atoms with Crippen LogP contribution in [0.5, 0.6) is 0 Å². The molecule has 0 saturated carbocycles. The number of hydrogen-bond donors (Lipinski definition) is 0. The van der Waals surface area contributed by atoms with Crippen molar-refractivity contribution in [1.82, 2.24) is 4.98 Å². The summed E-state index contributed by atoms with van der Waals surface area (Å²) in [6.45, 7) is 2.06. The largest absolute Gasteiger partial charge is 0.260 e. The van der Waals surface area contributed by atoms with Crippen LogP contribution in [-0.4, -0.2) is 4.98 Å². The molecule has 0 aliphatic heterocycles. The average Bonchev–Trinajstić information content (AvgIpc) is 1.89. The van der Waals surface area contributed by atoms with E-state index in [1.807, 2.05) is 12.3 Å². The van der Waals surface area contributed by atoms with Crippen LogP contribution in [0.3, 0.4) is 0 Å². The summed E-state index contributed by atoms with van der Waals surface area (Å²) in [5, 5.41) is 0.847. The van der Waals surface area contributed by atoms with Crippen LogP contribution in [0.2, 0.25) is 0 Å². The third-order valence-corrected chi connectivity index (χ3v) is 1.78. The first-order chi connectivity index (χ1) is 4.34. The van der Waals surface area contributed by atoms with Gasteiger partial charge in [0.2, 0.25) is 0 Å². The monoisotopic (exact) mass is 265 g/mol. The standard InChI is InChI=1S/C7H8BrN.BrH/c1-6-3-2-4-9-7(6)5-8;/h2-4H,5H2,1H3;1H. The van der Waals surface area contributed by atoms with Crippen molar-refractivity contribution in [3.63, 3.8) is 0 Å². The van der Waals surface area contributed by atoms with Gasteiger partial charge in [-0.2, -0.15) is 0 Å². The second-order valence-electron chi connectivity index (χ2n) is 1.90. The second kappa shape index (κ2) is 4.85. The van der Waals surface area contributed by atoms with Gasteiger partial charge in [-0.1, -0.05) is 22.0 Å². The molecular weight excluding hydrogens is 258 g/mol. The maximum absolute atomic E-state index is 4.15. The van der Waals surface area contributed by atoms with E-state index in [9.17, 15) is 0 Å². The average molecular weight is 267 g/mol. The van der Waals surface area contributed by atoms with Gasteiger partial charge in [0.15, 0.2) is 0 Å². The summed E-state index contributed by atoms with van der Waals surface area (Å²) in [4.78, 5) is 4.15. The van der Waals surface area contributed by atoms with Gasteiger partial charge in [0.25, 0.3) is 0 Å². The first kappa shape index (κ1) is 10.1. The van der Waals surface area contributed by atoms with E-state index < -0.39 is 0 Å². The van der Waals surface area contributed by atoms with Crippen molar-refractivity contribution in [3.8, 4) is 0 Å². The van der Waals surface area contributed by atoms with E-state index in [1.54, 1.807) is 0 Å². The lowest BCUT2D eigenvalue weighted by molar-refractivity contribution is 1.14. The van der Waals surface area contributed by atoms with Crippen LogP contribution >= 0.6 is 32.9 Å². The van der Waals surface area contributed by atoms with Crippen molar-refractivity contribution in [1.29, 1.82) is 0 Å². The van der Waals surface area contributed by atoms with Gasteiger partial charge in [-0.3, -0.25) is 4.98 Å². The molecule has 0 aromatic carbocycles. The number of rotatable bonds is 1. The minimum Gasteiger partial charge on any atom is -0.260 e. The SMILES string of the molecule is Br.Cc1cccnc1CBr. The quantitative estimate of drug-likeness (QED) is 0.713. The van der Waals surface area contributed by atoms with Gasteiger partial charge in [0.05, 0.1) is 5.69 Å². The molecule has 0 N–H and O–H groups in total. The van der Waals surface area contributed by atoms with Crippen molar-refractivity contribution in [2.75, 3.05) is 0 Å². The fourth-order valence-electron chi connectivity index (χ4n) is 0.658. The maximum atomic E-state index is 4.15. The molecule has 0 saturated heterocycles. The summed E-state index contributed by atoms with van der Waals surface area (Å²) in [6, 6.07) is 4.01. The molecule has 1 aromatic rings. The summed E-state index contributed by atoms with van der Waals surface area (Å²) in [5.41, 5.74) is 2.37. The Hall–Kier alpha value is 0.110. The number of nitrogens with zero attached hydrogens (tertiary/aromatic N) is 1. The van der Waals surface area contributed by atoms with Crippen molar-refractivity contribution < 1.29 is 0 Å². The van der Waals surface area contributed by atoms with Crippen molar-refractivity contribution >= 4 is 32.9 Å². The fraction of sp³-hybridized carbons (Fsp3) is 0.286. The zero-order valence-electron chi connectivity index (χ0n) is 5.67. The van der Waals surface area contributed by atoms with Gasteiger partial charge in [0, 0.05) is 11.5 Å². The van der Waals surface area contributed by atoms with Crippen LogP contribution in [0.1, 0.15) is 11.3 Å². The Balaban J connectivity index is 0.000000810. The Kier molecular flexibility index (Phi) is 4.91. The highest BCUT2D eigenvalue weighted by Gasteiger charge is 1.92. The Morgan fingerprint density at radius 2 is 2.30 bits per heavy atom. The van der Waals surface area contributed by atoms with Crippen LogP contribution in [0.15, 0.2) is 18.3 Å². The molecule has 10 heavy (non-hydrogen) atoms. The van der Waals surface area contributed by atoms with Gasteiger partial charge in [0.1, 0.15) is 0 Å². The molecule has 56 valence electrons. The van der Waals surface area contributed by atoms with Gasteiger partial charge in [-0.25, -0.2) is 0 Å². The van der Waals surface area contributed by atoms with E-state index in [2.05, 4.69) is 33.9 Å². The minimum atomic E-state index is 0. The van der Waals surface area contributed by atoms with Crippen LogP contribution < -0.4 is 0 Å². The smallest absolute Gasteiger partial charge is 0.0538 e. The van der Waals surface area contributed by atoms with Gasteiger partial charge in [-0.05, 0) is 18.6 Å². The van der Waals surface area contributed by atoms with E-state index in [0.717, 1.165) is 11.0 Å². The summed E-state index contributed by atoms with van der Waals surface area (Å²) in [5.74, 6) is 0. The van der Waals surface area contributed by atoms with Crippen molar-refractivity contribution in [2.45, 2.75) is 12.3 Å². The predicted octanol–water partition coefficient (Wildman–Crippen LogP) is 2.86. The zero-order valence-corrected chi connectivity index (χ0v) is 8.97. The Morgan fingerprint density at radius 3 is 2.70 bits per heavy atom. The lowest BCUT2D eigenvalue weighted by atomic mass is 10.2. The van der Waals surface area contributed by atoms with E-state index in [4.69, 9.17) is 0 Å². The molecule has 0 aliphatic rings. The second-order valence-corrected chi connectivity index (χ2v) is 2.46. The highest BCUT2D eigenvalue weighted by molar-refractivity contribution is 9.08. The number of halogens is 2. The lowest BCUT2D eigenvalue weighted by Gasteiger charge is -1.96. The molecular formula is C7H9Br2N. The normalized spacial score (nSPS) is 8.60. The molecule has 1 heterocycles. The summed E-state index contributed by atoms with van der Waals surface area (Å²) < 4.78 is 0. The summed E-state index contributed by atoms with van der Waals surface area (Å²) in [6.07, 6.45) is 1.81. The number of aryl methyl sites for hydroxylation is 1. The molecule has 3 heteroatoms. The minimum absolute atomic E-state index is 0. The first-order valence-corrected chi connectivity index (χ1v) is 3.93. The van der Waals surface area contributed by atoms with Crippen LogP contribution in [-0.2, 0) is 5.33 Å². The summed E-state index contributed by atoms with van der Waals surface area (Å²) >= 11 is 3.35. The first-order valence-electron chi connectivity index (χ1n) is 2.81. The molecule has 1 aromatic heterocycles. The topological polar surface area (TPSA) is 12.9 Å². The molecule has 0 radical (unpaired) electrons. The highest BCUT2D eigenvalue weighted by atomic mass is 79.9. The molecule has 0 spiro atoms. The fourth-order valence-corrected chi connectivity index (χ4v) is 1.25. The number of aromatic nitrogens is 1. The molecule has 0 unspecified atom stereocenters. The van der Waals surface area contributed by atoms with Crippen LogP contribution in [0.25, 0.3) is 0 Å². The van der Waals surface area contributed by atoms with Gasteiger partial charge >= 0.3 is 0 Å². The summed E-state index contributed by atoms with van der Waals surface area (Å²) in [7, 11) is 0. The van der Waals surface area contributed by atoms with Crippen molar-refractivity contribution in [2.24, 2.45) is 0 Å². The molecule has 0 amide bonds. The highest BCUT2D eigenvalue weighted by Crippen LogP contribution is 2.06. The lowest BCUT2D eigenvalue weighted by Crippen LogP contribution is -1.86. The van der Waals surface area contributed by atoms with E-state index in [0.29, 0.717) is 0 Å². The molecule has 1 rings (SSSR count). The Morgan fingerprint density at radius 1 is 1.60 bits per heavy atom. The molecule has 0 atom stereocenters. The van der Waals surface area contributed by atoms with Crippen LogP contribution in [0, 0.1) is 6.92 Å². The van der Waals surface area contributed by atoms with Gasteiger partial charge in [-0.15, -0.1) is 17.0 Å². The maximum Gasteiger partial charge on any atom is 0.0538 e. The number of pyridine rings is 1. The van der Waals surface area contributed by atoms with E-state index >= 15 is 0 Å². The van der Waals surface area contributed by atoms with E-state index in [-0.39, 0.29) is 17.0 Å². The van der Waals surface area contributed by atoms with Gasteiger partial charge < -0.3 is 0 Å². The molecule has 0 aliphatic carbocycles. The van der Waals surface area contributed by atoms with Crippen LogP contribution in [0.4, 0.5) is 0 Å². The third kappa shape index (κ3) is 2.39. The zero-order chi connectivity index (χ0) is 6.69. The number of alkyl halides is 1. The molecule has 0 fully saturated rings.